The summed E-state index contributed by atoms with van der Waals surface area (Å²) in [5.74, 6) is 0.197. The fourth-order valence-corrected chi connectivity index (χ4v) is 2.54. The number of ether oxygens (including phenoxy) is 2. The van der Waals surface area contributed by atoms with Crippen LogP contribution in [0.4, 0.5) is 0 Å². The molecule has 0 aliphatic carbocycles. The molecule has 0 aromatic heterocycles. The van der Waals surface area contributed by atoms with Crippen molar-refractivity contribution in [1.82, 2.24) is 0 Å². The van der Waals surface area contributed by atoms with E-state index in [1.54, 1.807) is 24.3 Å². The Kier molecular flexibility index (Phi) is 7.48. The molecule has 0 bridgehead atoms. The highest BCUT2D eigenvalue weighted by Gasteiger charge is 2.16. The highest BCUT2D eigenvalue weighted by molar-refractivity contribution is 6.18. The van der Waals surface area contributed by atoms with Gasteiger partial charge in [0, 0.05) is 13.3 Å². The van der Waals surface area contributed by atoms with Gasteiger partial charge in [-0.1, -0.05) is 42.5 Å². The molecule has 1 unspecified atom stereocenters. The van der Waals surface area contributed by atoms with E-state index in [4.69, 9.17) is 21.1 Å². The summed E-state index contributed by atoms with van der Waals surface area (Å²) in [5, 5.41) is 0. The van der Waals surface area contributed by atoms with E-state index >= 15 is 0 Å². The lowest BCUT2D eigenvalue weighted by molar-refractivity contribution is -0.146. The standard InChI is InChI=1S/C20H21ClO4/c1-15(22)25-17(13-21)14-24-20-10-6-5-9-18(20)19(23)12-11-16-7-3-2-4-8-16/h2-10,17H,11-14H2,1H3. The average Bonchev–Trinajstić information content (AvgIpc) is 2.64. The zero-order valence-electron chi connectivity index (χ0n) is 14.1. The average molecular weight is 361 g/mol. The number of hydrogen-bond acceptors (Lipinski definition) is 4. The van der Waals surface area contributed by atoms with E-state index in [1.165, 1.54) is 6.92 Å². The van der Waals surface area contributed by atoms with Gasteiger partial charge in [0.05, 0.1) is 11.4 Å². The lowest BCUT2D eigenvalue weighted by atomic mass is 10.0. The zero-order chi connectivity index (χ0) is 18.1. The van der Waals surface area contributed by atoms with E-state index < -0.39 is 12.1 Å². The summed E-state index contributed by atoms with van der Waals surface area (Å²) in [4.78, 5) is 23.6. The molecule has 132 valence electrons. The van der Waals surface area contributed by atoms with Crippen LogP contribution in [0.25, 0.3) is 0 Å². The van der Waals surface area contributed by atoms with E-state index in [9.17, 15) is 9.59 Å². The van der Waals surface area contributed by atoms with Crippen LogP contribution in [0.15, 0.2) is 54.6 Å². The van der Waals surface area contributed by atoms with Crippen molar-refractivity contribution in [2.24, 2.45) is 0 Å². The minimum absolute atomic E-state index is 0.00867. The number of alkyl halides is 1. The quantitative estimate of drug-likeness (QED) is 0.384. The Bertz CT molecular complexity index is 700. The minimum Gasteiger partial charge on any atom is -0.489 e. The van der Waals surface area contributed by atoms with E-state index in [0.717, 1.165) is 5.56 Å². The van der Waals surface area contributed by atoms with Crippen molar-refractivity contribution >= 4 is 23.4 Å². The van der Waals surface area contributed by atoms with Crippen molar-refractivity contribution in [3.63, 3.8) is 0 Å². The molecule has 0 heterocycles. The fraction of sp³-hybridized carbons (Fsp3) is 0.300. The molecule has 2 aromatic rings. The van der Waals surface area contributed by atoms with Crippen LogP contribution >= 0.6 is 11.6 Å². The zero-order valence-corrected chi connectivity index (χ0v) is 14.9. The molecule has 0 spiro atoms. The van der Waals surface area contributed by atoms with Gasteiger partial charge in [-0.2, -0.15) is 0 Å². The Balaban J connectivity index is 1.99. The Morgan fingerprint density at radius 1 is 1.04 bits per heavy atom. The maximum absolute atomic E-state index is 12.5. The van der Waals surface area contributed by atoms with Gasteiger partial charge in [-0.15, -0.1) is 11.6 Å². The summed E-state index contributed by atoms with van der Waals surface area (Å²) >= 11 is 5.77. The first-order chi connectivity index (χ1) is 12.1. The number of esters is 1. The van der Waals surface area contributed by atoms with Crippen LogP contribution in [0.5, 0.6) is 5.75 Å². The number of benzene rings is 2. The maximum Gasteiger partial charge on any atom is 0.303 e. The van der Waals surface area contributed by atoms with E-state index in [0.29, 0.717) is 24.2 Å². The summed E-state index contributed by atoms with van der Waals surface area (Å²) in [5.41, 5.74) is 1.64. The fourth-order valence-electron chi connectivity index (χ4n) is 2.39. The first-order valence-corrected chi connectivity index (χ1v) is 8.65. The molecule has 4 nitrogen and oxygen atoms in total. The van der Waals surface area contributed by atoms with E-state index in [1.807, 2.05) is 30.3 Å². The number of hydrogen-bond donors (Lipinski definition) is 0. The second kappa shape index (κ2) is 9.84. The summed E-state index contributed by atoms with van der Waals surface area (Å²) < 4.78 is 10.7. The number of halogens is 1. The number of rotatable bonds is 9. The van der Waals surface area contributed by atoms with Crippen molar-refractivity contribution < 1.29 is 19.1 Å². The smallest absolute Gasteiger partial charge is 0.303 e. The van der Waals surface area contributed by atoms with Crippen LogP contribution in [0.1, 0.15) is 29.3 Å². The van der Waals surface area contributed by atoms with Crippen LogP contribution in [0.2, 0.25) is 0 Å². The van der Waals surface area contributed by atoms with Gasteiger partial charge >= 0.3 is 5.97 Å². The number of ketones is 1. The molecular formula is C20H21ClO4. The highest BCUT2D eigenvalue weighted by Crippen LogP contribution is 2.21. The number of aryl methyl sites for hydroxylation is 1. The van der Waals surface area contributed by atoms with Crippen molar-refractivity contribution in [2.75, 3.05) is 12.5 Å². The summed E-state index contributed by atoms with van der Waals surface area (Å²) in [6.45, 7) is 1.42. The molecule has 5 heteroatoms. The molecule has 2 aromatic carbocycles. The van der Waals surface area contributed by atoms with Crippen LogP contribution in [-0.4, -0.2) is 30.3 Å². The SMILES string of the molecule is CC(=O)OC(CCl)COc1ccccc1C(=O)CCc1ccccc1. The first kappa shape index (κ1) is 19.0. The third kappa shape index (κ3) is 6.24. The Morgan fingerprint density at radius 3 is 2.40 bits per heavy atom. The normalized spacial score (nSPS) is 11.6. The number of carbonyl (C=O) groups excluding carboxylic acids is 2. The van der Waals surface area contributed by atoms with Crippen molar-refractivity contribution in [2.45, 2.75) is 25.9 Å². The van der Waals surface area contributed by atoms with Gasteiger partial charge in [0.15, 0.2) is 5.78 Å². The summed E-state index contributed by atoms with van der Waals surface area (Å²) in [7, 11) is 0. The topological polar surface area (TPSA) is 52.6 Å². The molecule has 0 fully saturated rings. The Morgan fingerprint density at radius 2 is 1.72 bits per heavy atom. The maximum atomic E-state index is 12.5. The molecule has 0 aliphatic heterocycles. The monoisotopic (exact) mass is 360 g/mol. The van der Waals surface area contributed by atoms with Gasteiger partial charge < -0.3 is 9.47 Å². The summed E-state index contributed by atoms with van der Waals surface area (Å²) in [6, 6.07) is 16.9. The van der Waals surface area contributed by atoms with Crippen LogP contribution in [0, 0.1) is 0 Å². The van der Waals surface area contributed by atoms with Gasteiger partial charge in [0.1, 0.15) is 18.5 Å². The largest absolute Gasteiger partial charge is 0.489 e. The second-order valence-corrected chi connectivity index (χ2v) is 5.91. The molecule has 0 aliphatic rings. The lowest BCUT2D eigenvalue weighted by Crippen LogP contribution is -2.26. The van der Waals surface area contributed by atoms with Crippen molar-refractivity contribution in [1.29, 1.82) is 0 Å². The van der Waals surface area contributed by atoms with Gasteiger partial charge in [-0.3, -0.25) is 9.59 Å². The molecular weight excluding hydrogens is 340 g/mol. The molecule has 2 rings (SSSR count). The van der Waals surface area contributed by atoms with Gasteiger partial charge in [-0.25, -0.2) is 0 Å². The molecule has 25 heavy (non-hydrogen) atoms. The molecule has 1 atom stereocenters. The number of para-hydroxylation sites is 1. The number of carbonyl (C=O) groups is 2. The molecule has 0 radical (unpaired) electrons. The molecule has 0 amide bonds. The lowest BCUT2D eigenvalue weighted by Gasteiger charge is -2.16. The highest BCUT2D eigenvalue weighted by atomic mass is 35.5. The third-order valence-electron chi connectivity index (χ3n) is 3.60. The number of Topliss-reactive ketones (excluding diaryl/α,β-unsaturated/α-hetero) is 1. The van der Waals surface area contributed by atoms with Crippen molar-refractivity contribution in [3.8, 4) is 5.75 Å². The van der Waals surface area contributed by atoms with Gasteiger partial charge in [0.25, 0.3) is 0 Å². The van der Waals surface area contributed by atoms with Gasteiger partial charge in [-0.05, 0) is 24.1 Å². The van der Waals surface area contributed by atoms with Gasteiger partial charge in [0.2, 0.25) is 0 Å². The van der Waals surface area contributed by atoms with Crippen LogP contribution < -0.4 is 4.74 Å². The molecule has 0 N–H and O–H groups in total. The Hall–Kier alpha value is -2.33. The molecule has 0 saturated heterocycles. The third-order valence-corrected chi connectivity index (χ3v) is 3.94. The van der Waals surface area contributed by atoms with Crippen molar-refractivity contribution in [3.05, 3.63) is 65.7 Å². The predicted octanol–water partition coefficient (Wildman–Crippen LogP) is 4.05. The summed E-state index contributed by atoms with van der Waals surface area (Å²) in [6.07, 6.45) is 0.519. The first-order valence-electron chi connectivity index (χ1n) is 8.12. The van der Waals surface area contributed by atoms with Crippen LogP contribution in [0.3, 0.4) is 0 Å². The predicted molar refractivity (Wildman–Crippen MR) is 97.3 cm³/mol. The molecule has 0 saturated carbocycles. The second-order valence-electron chi connectivity index (χ2n) is 5.60. The van der Waals surface area contributed by atoms with E-state index in [-0.39, 0.29) is 18.3 Å². The van der Waals surface area contributed by atoms with E-state index in [2.05, 4.69) is 0 Å². The van der Waals surface area contributed by atoms with Crippen LogP contribution in [-0.2, 0) is 16.0 Å². The Labute approximate surface area is 152 Å². The minimum atomic E-state index is -0.549.